The molecule has 0 spiro atoms. The Morgan fingerprint density at radius 2 is 1.71 bits per heavy atom. The molecule has 35 heavy (non-hydrogen) atoms. The number of hydrogen-bond acceptors (Lipinski definition) is 5. The Kier molecular flexibility index (Phi) is 8.18. The van der Waals surface area contributed by atoms with Crippen LogP contribution in [0, 0.1) is 0 Å². The summed E-state index contributed by atoms with van der Waals surface area (Å²) < 4.78 is 2.01. The average molecular weight is 556 g/mol. The summed E-state index contributed by atoms with van der Waals surface area (Å²) in [5.74, 6) is -0.405. The average Bonchev–Trinajstić information content (AvgIpc) is 2.81. The summed E-state index contributed by atoms with van der Waals surface area (Å²) >= 11 is 19.9. The second-order valence-corrected chi connectivity index (χ2v) is 11.1. The normalized spacial score (nSPS) is 23.0. The predicted octanol–water partition coefficient (Wildman–Crippen LogP) is 4.10. The summed E-state index contributed by atoms with van der Waals surface area (Å²) in [5, 5.41) is 4.22. The largest absolute Gasteiger partial charge is 0.346 e. The number of halogens is 3. The zero-order valence-corrected chi connectivity index (χ0v) is 22.2. The Morgan fingerprint density at radius 1 is 1.03 bits per heavy atom. The van der Waals surface area contributed by atoms with E-state index in [0.29, 0.717) is 34.4 Å². The summed E-state index contributed by atoms with van der Waals surface area (Å²) in [6.45, 7) is 4.52. The molecular weight excluding hydrogens is 531 g/mol. The molecule has 11 heteroatoms. The van der Waals surface area contributed by atoms with Gasteiger partial charge in [-0.3, -0.25) is 14.4 Å². The molecule has 2 aromatic rings. The van der Waals surface area contributed by atoms with Crippen molar-refractivity contribution in [2.45, 2.75) is 49.5 Å². The highest BCUT2D eigenvalue weighted by molar-refractivity contribution is 7.97. The lowest BCUT2D eigenvalue weighted by atomic mass is 9.96. The highest BCUT2D eigenvalue weighted by atomic mass is 35.5. The summed E-state index contributed by atoms with van der Waals surface area (Å²) in [7, 11) is 0. The molecule has 3 atom stereocenters. The maximum atomic E-state index is 13.6. The van der Waals surface area contributed by atoms with E-state index in [2.05, 4.69) is 5.32 Å². The van der Waals surface area contributed by atoms with Crippen molar-refractivity contribution in [1.82, 2.24) is 19.4 Å². The van der Waals surface area contributed by atoms with Crippen LogP contribution in [0.2, 0.25) is 15.1 Å². The maximum Gasteiger partial charge on any atom is 0.248 e. The summed E-state index contributed by atoms with van der Waals surface area (Å²) in [6, 6.07) is 10.9. The first-order valence-corrected chi connectivity index (χ1v) is 13.1. The van der Waals surface area contributed by atoms with Crippen molar-refractivity contribution in [3.63, 3.8) is 0 Å². The molecule has 4 rings (SSSR count). The Balaban J connectivity index is 1.73. The molecule has 2 aliphatic rings. The van der Waals surface area contributed by atoms with Crippen molar-refractivity contribution >= 4 is 65.0 Å². The Bertz CT molecular complexity index is 1120. The highest BCUT2D eigenvalue weighted by Crippen LogP contribution is 2.38. The van der Waals surface area contributed by atoms with Gasteiger partial charge in [0, 0.05) is 33.9 Å². The molecule has 2 aliphatic heterocycles. The Labute approximate surface area is 223 Å². The van der Waals surface area contributed by atoms with E-state index in [-0.39, 0.29) is 24.4 Å². The molecule has 7 nitrogen and oxygen atoms in total. The van der Waals surface area contributed by atoms with Crippen molar-refractivity contribution in [3.05, 3.63) is 63.1 Å². The summed E-state index contributed by atoms with van der Waals surface area (Å²) in [6.07, 6.45) is 0.429. The third-order valence-electron chi connectivity index (χ3n) is 6.18. The maximum absolute atomic E-state index is 13.6. The van der Waals surface area contributed by atoms with E-state index in [9.17, 15) is 14.4 Å². The van der Waals surface area contributed by atoms with Gasteiger partial charge in [0.2, 0.25) is 18.2 Å². The monoisotopic (exact) mass is 554 g/mol. The first-order chi connectivity index (χ1) is 16.7. The van der Waals surface area contributed by atoms with Crippen molar-refractivity contribution in [3.8, 4) is 0 Å². The molecule has 2 fully saturated rings. The van der Waals surface area contributed by atoms with Gasteiger partial charge in [0.25, 0.3) is 0 Å². The molecule has 0 aliphatic carbocycles. The summed E-state index contributed by atoms with van der Waals surface area (Å²) in [4.78, 5) is 42.7. The van der Waals surface area contributed by atoms with E-state index >= 15 is 0 Å². The second kappa shape index (κ2) is 11.0. The molecule has 0 saturated carbocycles. The topological polar surface area (TPSA) is 73.0 Å². The number of carbonyl (C=O) groups is 3. The van der Waals surface area contributed by atoms with Crippen molar-refractivity contribution in [2.24, 2.45) is 0 Å². The van der Waals surface area contributed by atoms with Crippen LogP contribution in [0.4, 0.5) is 0 Å². The SMILES string of the molecule is CC(C)N1CC2N(Sc3ccc(Cl)cc3Cl)CC(NC=O)C(=O)N2C(Cc2ccc(Cl)cc2)C1=O. The molecule has 1 N–H and O–H groups in total. The van der Waals surface area contributed by atoms with E-state index in [4.69, 9.17) is 34.8 Å². The number of rotatable bonds is 7. The minimum Gasteiger partial charge on any atom is -0.346 e. The first-order valence-electron chi connectivity index (χ1n) is 11.2. The third kappa shape index (κ3) is 5.57. The van der Waals surface area contributed by atoms with Gasteiger partial charge in [-0.1, -0.05) is 46.9 Å². The molecule has 3 unspecified atom stereocenters. The van der Waals surface area contributed by atoms with E-state index in [1.54, 1.807) is 34.1 Å². The van der Waals surface area contributed by atoms with Crippen LogP contribution < -0.4 is 5.32 Å². The van der Waals surface area contributed by atoms with Gasteiger partial charge in [0.05, 0.1) is 11.6 Å². The molecule has 0 radical (unpaired) electrons. The van der Waals surface area contributed by atoms with Gasteiger partial charge in [0.15, 0.2) is 0 Å². The van der Waals surface area contributed by atoms with E-state index < -0.39 is 18.2 Å². The van der Waals surface area contributed by atoms with Crippen LogP contribution >= 0.6 is 46.8 Å². The number of piperazine rings is 1. The standard InChI is InChI=1S/C24H25Cl3N4O3S/c1-14(2)29-12-22-30(35-21-8-7-17(26)10-18(21)27)11-19(28-13-32)23(33)31(22)20(24(29)34)9-15-3-5-16(25)6-4-15/h3-8,10,13-14,19-20,22H,9,11-12H2,1-2H3,(H,28,32). The zero-order valence-electron chi connectivity index (χ0n) is 19.2. The van der Waals surface area contributed by atoms with Crippen molar-refractivity contribution in [2.75, 3.05) is 13.1 Å². The lowest BCUT2D eigenvalue weighted by Crippen LogP contribution is -2.74. The number of nitrogens with one attached hydrogen (secondary N) is 1. The third-order valence-corrected chi connectivity index (χ3v) is 8.27. The van der Waals surface area contributed by atoms with Crippen molar-refractivity contribution in [1.29, 1.82) is 0 Å². The van der Waals surface area contributed by atoms with Gasteiger partial charge in [-0.2, -0.15) is 0 Å². The minimum absolute atomic E-state index is 0.0516. The lowest BCUT2D eigenvalue weighted by Gasteiger charge is -2.54. The first kappa shape index (κ1) is 26.1. The fourth-order valence-electron chi connectivity index (χ4n) is 4.44. The quantitative estimate of drug-likeness (QED) is 0.411. The van der Waals surface area contributed by atoms with Gasteiger partial charge in [-0.25, -0.2) is 4.31 Å². The number of fused-ring (bicyclic) bond motifs is 1. The van der Waals surface area contributed by atoms with E-state index in [0.717, 1.165) is 10.5 Å². The van der Waals surface area contributed by atoms with Crippen LogP contribution in [0.25, 0.3) is 0 Å². The second-order valence-electron chi connectivity index (χ2n) is 8.76. The predicted molar refractivity (Wildman–Crippen MR) is 138 cm³/mol. The van der Waals surface area contributed by atoms with Crippen LogP contribution in [-0.2, 0) is 20.8 Å². The van der Waals surface area contributed by atoms with Crippen LogP contribution in [0.3, 0.4) is 0 Å². The van der Waals surface area contributed by atoms with Crippen LogP contribution in [0.1, 0.15) is 19.4 Å². The smallest absolute Gasteiger partial charge is 0.248 e. The Morgan fingerprint density at radius 3 is 2.34 bits per heavy atom. The molecule has 0 aromatic heterocycles. The van der Waals surface area contributed by atoms with Gasteiger partial charge < -0.3 is 15.1 Å². The molecule has 2 aromatic carbocycles. The fraction of sp³-hybridized carbons (Fsp3) is 0.375. The lowest BCUT2D eigenvalue weighted by molar-refractivity contribution is -0.168. The molecule has 0 bridgehead atoms. The van der Waals surface area contributed by atoms with Crippen molar-refractivity contribution < 1.29 is 14.4 Å². The van der Waals surface area contributed by atoms with Gasteiger partial charge in [0.1, 0.15) is 18.2 Å². The molecular formula is C24H25Cl3N4O3S. The number of carbonyl (C=O) groups excluding carboxylic acids is 3. The molecule has 186 valence electrons. The molecule has 2 saturated heterocycles. The number of hydrogen-bond donors (Lipinski definition) is 1. The minimum atomic E-state index is -0.798. The fourth-order valence-corrected chi connectivity index (χ4v) is 6.12. The highest BCUT2D eigenvalue weighted by Gasteiger charge is 2.51. The van der Waals surface area contributed by atoms with Gasteiger partial charge in [-0.05, 0) is 61.7 Å². The summed E-state index contributed by atoms with van der Waals surface area (Å²) in [5.41, 5.74) is 0.885. The number of amides is 3. The molecule has 2 heterocycles. The zero-order chi connectivity index (χ0) is 25.3. The number of benzene rings is 2. The van der Waals surface area contributed by atoms with Crippen LogP contribution in [0.5, 0.6) is 0 Å². The Hall–Kier alpha value is -1.97. The van der Waals surface area contributed by atoms with Gasteiger partial charge >= 0.3 is 0 Å². The van der Waals surface area contributed by atoms with E-state index in [1.165, 1.54) is 11.9 Å². The van der Waals surface area contributed by atoms with Crippen LogP contribution in [-0.4, -0.2) is 69.7 Å². The number of nitrogens with zero attached hydrogens (tertiary/aromatic N) is 3. The van der Waals surface area contributed by atoms with Gasteiger partial charge in [-0.15, -0.1) is 0 Å². The van der Waals surface area contributed by atoms with Crippen LogP contribution in [0.15, 0.2) is 47.4 Å². The van der Waals surface area contributed by atoms with E-state index in [1.807, 2.05) is 36.4 Å². The molecule has 3 amide bonds.